The highest BCUT2D eigenvalue weighted by molar-refractivity contribution is 5.28. The summed E-state index contributed by atoms with van der Waals surface area (Å²) in [7, 11) is 1.93. The van der Waals surface area contributed by atoms with Gasteiger partial charge in [-0.1, -0.05) is 12.1 Å². The van der Waals surface area contributed by atoms with E-state index in [4.69, 9.17) is 9.47 Å². The van der Waals surface area contributed by atoms with Gasteiger partial charge in [0.15, 0.2) is 0 Å². The molecule has 0 aromatic heterocycles. The van der Waals surface area contributed by atoms with Crippen LogP contribution in [0, 0.1) is 0 Å². The third-order valence-corrected chi connectivity index (χ3v) is 2.32. The third-order valence-electron chi connectivity index (χ3n) is 2.32. The summed E-state index contributed by atoms with van der Waals surface area (Å²) >= 11 is 0. The second-order valence-corrected chi connectivity index (χ2v) is 3.50. The number of nitrogens with one attached hydrogen (secondary N) is 1. The Labute approximate surface area is 97.8 Å². The molecule has 0 heterocycles. The van der Waals surface area contributed by atoms with Crippen LogP contribution in [0.3, 0.4) is 0 Å². The molecule has 0 fully saturated rings. The molecule has 0 aliphatic heterocycles. The Balaban J connectivity index is 2.68. The quantitative estimate of drug-likeness (QED) is 0.770. The Hall–Kier alpha value is -1.06. The molecule has 1 atom stereocenters. The van der Waals surface area contributed by atoms with Gasteiger partial charge in [-0.2, -0.15) is 0 Å². The summed E-state index contributed by atoms with van der Waals surface area (Å²) in [5.41, 5.74) is 1.18. The molecular formula is C13H21NO2. The van der Waals surface area contributed by atoms with Gasteiger partial charge in [-0.15, -0.1) is 0 Å². The molecule has 1 rings (SSSR count). The van der Waals surface area contributed by atoms with Gasteiger partial charge in [-0.3, -0.25) is 0 Å². The second kappa shape index (κ2) is 7.25. The lowest BCUT2D eigenvalue weighted by molar-refractivity contribution is 0.0637. The zero-order chi connectivity index (χ0) is 11.8. The van der Waals surface area contributed by atoms with E-state index in [9.17, 15) is 0 Å². The maximum Gasteiger partial charge on any atom is 0.119 e. The summed E-state index contributed by atoms with van der Waals surface area (Å²) in [4.78, 5) is 0. The van der Waals surface area contributed by atoms with Crippen molar-refractivity contribution in [1.82, 2.24) is 5.32 Å². The standard InChI is InChI=1S/C13H21NO2/c1-4-15-12-8-6-11(7-9-12)13(10-14-3)16-5-2/h6-9,13-14H,4-5,10H2,1-3H3. The average Bonchev–Trinajstić information content (AvgIpc) is 2.30. The third kappa shape index (κ3) is 3.83. The van der Waals surface area contributed by atoms with Crippen LogP contribution in [0.15, 0.2) is 24.3 Å². The van der Waals surface area contributed by atoms with Gasteiger partial charge in [0, 0.05) is 13.2 Å². The molecule has 0 saturated carbocycles. The highest BCUT2D eigenvalue weighted by Crippen LogP contribution is 2.20. The van der Waals surface area contributed by atoms with E-state index in [0.717, 1.165) is 18.9 Å². The second-order valence-electron chi connectivity index (χ2n) is 3.50. The minimum Gasteiger partial charge on any atom is -0.494 e. The fourth-order valence-electron chi connectivity index (χ4n) is 1.60. The fourth-order valence-corrected chi connectivity index (χ4v) is 1.60. The fraction of sp³-hybridized carbons (Fsp3) is 0.538. The van der Waals surface area contributed by atoms with Crippen LogP contribution >= 0.6 is 0 Å². The average molecular weight is 223 g/mol. The molecule has 16 heavy (non-hydrogen) atoms. The molecule has 0 radical (unpaired) electrons. The van der Waals surface area contributed by atoms with Crippen molar-refractivity contribution < 1.29 is 9.47 Å². The SMILES string of the molecule is CCOc1ccc(C(CNC)OCC)cc1. The van der Waals surface area contributed by atoms with Crippen LogP contribution in [0.4, 0.5) is 0 Å². The number of likely N-dealkylation sites (N-methyl/N-ethyl adjacent to an activating group) is 1. The number of ether oxygens (including phenoxy) is 2. The van der Waals surface area contributed by atoms with E-state index in [1.807, 2.05) is 33.0 Å². The van der Waals surface area contributed by atoms with Crippen LogP contribution in [0.2, 0.25) is 0 Å². The van der Waals surface area contributed by atoms with Crippen molar-refractivity contribution in [1.29, 1.82) is 0 Å². The lowest BCUT2D eigenvalue weighted by Gasteiger charge is -2.17. The predicted molar refractivity (Wildman–Crippen MR) is 65.9 cm³/mol. The van der Waals surface area contributed by atoms with Gasteiger partial charge in [-0.05, 0) is 38.6 Å². The predicted octanol–water partition coefficient (Wildman–Crippen LogP) is 2.38. The van der Waals surface area contributed by atoms with Gasteiger partial charge in [0.25, 0.3) is 0 Å². The molecule has 3 heteroatoms. The number of benzene rings is 1. The summed E-state index contributed by atoms with van der Waals surface area (Å²) in [6, 6.07) is 8.09. The lowest BCUT2D eigenvalue weighted by Crippen LogP contribution is -2.19. The van der Waals surface area contributed by atoms with Crippen LogP contribution in [0.25, 0.3) is 0 Å². The summed E-state index contributed by atoms with van der Waals surface area (Å²) < 4.78 is 11.1. The zero-order valence-corrected chi connectivity index (χ0v) is 10.3. The van der Waals surface area contributed by atoms with Gasteiger partial charge in [0.2, 0.25) is 0 Å². The van der Waals surface area contributed by atoms with E-state index < -0.39 is 0 Å². The molecule has 0 saturated heterocycles. The van der Waals surface area contributed by atoms with Crippen molar-refractivity contribution in [3.8, 4) is 5.75 Å². The molecule has 0 spiro atoms. The molecule has 1 N–H and O–H groups in total. The zero-order valence-electron chi connectivity index (χ0n) is 10.3. The Kier molecular flexibility index (Phi) is 5.90. The smallest absolute Gasteiger partial charge is 0.119 e. The highest BCUT2D eigenvalue weighted by atomic mass is 16.5. The molecule has 0 aliphatic carbocycles. The largest absolute Gasteiger partial charge is 0.494 e. The first kappa shape index (κ1) is 13.0. The van der Waals surface area contributed by atoms with Crippen LogP contribution in [0.5, 0.6) is 5.75 Å². The molecule has 1 aromatic carbocycles. The molecule has 3 nitrogen and oxygen atoms in total. The van der Waals surface area contributed by atoms with Crippen molar-refractivity contribution >= 4 is 0 Å². The van der Waals surface area contributed by atoms with E-state index >= 15 is 0 Å². The molecule has 0 bridgehead atoms. The van der Waals surface area contributed by atoms with Crippen molar-refractivity contribution in [2.75, 3.05) is 26.8 Å². The van der Waals surface area contributed by atoms with Gasteiger partial charge in [0.1, 0.15) is 5.75 Å². The van der Waals surface area contributed by atoms with Gasteiger partial charge in [-0.25, -0.2) is 0 Å². The van der Waals surface area contributed by atoms with Crippen molar-refractivity contribution in [2.24, 2.45) is 0 Å². The summed E-state index contributed by atoms with van der Waals surface area (Å²) in [5, 5.41) is 3.13. The first-order valence-electron chi connectivity index (χ1n) is 5.80. The van der Waals surface area contributed by atoms with Crippen molar-refractivity contribution in [3.63, 3.8) is 0 Å². The first-order valence-corrected chi connectivity index (χ1v) is 5.80. The summed E-state index contributed by atoms with van der Waals surface area (Å²) in [5.74, 6) is 0.908. The molecule has 90 valence electrons. The summed E-state index contributed by atoms with van der Waals surface area (Å²) in [6.07, 6.45) is 0.116. The normalized spacial score (nSPS) is 12.4. The number of rotatable bonds is 7. The van der Waals surface area contributed by atoms with Crippen LogP contribution in [0.1, 0.15) is 25.5 Å². The van der Waals surface area contributed by atoms with Gasteiger partial charge < -0.3 is 14.8 Å². The first-order chi connectivity index (χ1) is 7.81. The van der Waals surface area contributed by atoms with E-state index in [1.165, 1.54) is 5.56 Å². The maximum absolute atomic E-state index is 5.66. The van der Waals surface area contributed by atoms with Crippen LogP contribution in [-0.4, -0.2) is 26.8 Å². The number of hydrogen-bond acceptors (Lipinski definition) is 3. The lowest BCUT2D eigenvalue weighted by atomic mass is 10.1. The van der Waals surface area contributed by atoms with Crippen LogP contribution in [-0.2, 0) is 4.74 Å². The Morgan fingerprint density at radius 2 is 1.81 bits per heavy atom. The van der Waals surface area contributed by atoms with E-state index in [1.54, 1.807) is 0 Å². The van der Waals surface area contributed by atoms with E-state index in [2.05, 4.69) is 17.4 Å². The molecule has 0 aliphatic rings. The topological polar surface area (TPSA) is 30.5 Å². The van der Waals surface area contributed by atoms with Crippen molar-refractivity contribution in [2.45, 2.75) is 20.0 Å². The molecule has 0 amide bonds. The Morgan fingerprint density at radius 3 is 2.31 bits per heavy atom. The van der Waals surface area contributed by atoms with Gasteiger partial charge in [0.05, 0.1) is 12.7 Å². The molecular weight excluding hydrogens is 202 g/mol. The maximum atomic E-state index is 5.66. The minimum absolute atomic E-state index is 0.116. The molecule has 1 unspecified atom stereocenters. The van der Waals surface area contributed by atoms with E-state index in [0.29, 0.717) is 6.61 Å². The number of hydrogen-bond donors (Lipinski definition) is 1. The molecule has 1 aromatic rings. The Bertz CT molecular complexity index is 278. The minimum atomic E-state index is 0.116. The highest BCUT2D eigenvalue weighted by Gasteiger charge is 2.09. The monoisotopic (exact) mass is 223 g/mol. The van der Waals surface area contributed by atoms with Crippen molar-refractivity contribution in [3.05, 3.63) is 29.8 Å². The van der Waals surface area contributed by atoms with Crippen LogP contribution < -0.4 is 10.1 Å². The van der Waals surface area contributed by atoms with Gasteiger partial charge >= 0.3 is 0 Å². The summed E-state index contributed by atoms with van der Waals surface area (Å²) in [6.45, 7) is 6.24. The van der Waals surface area contributed by atoms with E-state index in [-0.39, 0.29) is 6.10 Å². The Morgan fingerprint density at radius 1 is 1.12 bits per heavy atom.